The Morgan fingerprint density at radius 3 is 2.55 bits per heavy atom. The molecule has 0 spiro atoms. The second-order valence-electron chi connectivity index (χ2n) is 6.30. The zero-order chi connectivity index (χ0) is 20.7. The summed E-state index contributed by atoms with van der Waals surface area (Å²) in [6.45, 7) is 2.69. The van der Waals surface area contributed by atoms with Crippen LogP contribution in [0, 0.1) is 0 Å². The first kappa shape index (κ1) is 24.8. The van der Waals surface area contributed by atoms with Crippen molar-refractivity contribution in [2.24, 2.45) is 10.7 Å². The molecule has 4 N–H and O–H groups in total. The van der Waals surface area contributed by atoms with Crippen molar-refractivity contribution in [2.45, 2.75) is 32.0 Å². The lowest BCUT2D eigenvalue weighted by atomic mass is 9.96. The fourth-order valence-electron chi connectivity index (χ4n) is 2.59. The number of guanidine groups is 1. The van der Waals surface area contributed by atoms with E-state index in [9.17, 15) is 18.0 Å². The predicted molar refractivity (Wildman–Crippen MR) is 115 cm³/mol. The molecular formula is C19H24F3IN4O2. The molecule has 10 heteroatoms. The van der Waals surface area contributed by atoms with E-state index in [0.29, 0.717) is 36.8 Å². The van der Waals surface area contributed by atoms with E-state index in [0.717, 1.165) is 6.07 Å². The van der Waals surface area contributed by atoms with Crippen molar-refractivity contribution >= 4 is 35.8 Å². The summed E-state index contributed by atoms with van der Waals surface area (Å²) >= 11 is 0. The highest BCUT2D eigenvalue weighted by Gasteiger charge is 2.30. The highest BCUT2D eigenvalue weighted by molar-refractivity contribution is 14.0. The van der Waals surface area contributed by atoms with E-state index >= 15 is 0 Å². The highest BCUT2D eigenvalue weighted by atomic mass is 127. The molecule has 1 atom stereocenters. The molecule has 160 valence electrons. The summed E-state index contributed by atoms with van der Waals surface area (Å²) in [7, 11) is 1.60. The number of nitrogens with one attached hydrogen (secondary N) is 2. The van der Waals surface area contributed by atoms with Gasteiger partial charge in [0.1, 0.15) is 5.76 Å². The van der Waals surface area contributed by atoms with Gasteiger partial charge in [0, 0.05) is 13.6 Å². The van der Waals surface area contributed by atoms with Crippen LogP contribution < -0.4 is 16.4 Å². The van der Waals surface area contributed by atoms with Gasteiger partial charge < -0.3 is 20.8 Å². The Labute approximate surface area is 184 Å². The number of primary amides is 1. The third-order valence-electron chi connectivity index (χ3n) is 4.21. The summed E-state index contributed by atoms with van der Waals surface area (Å²) in [5.74, 6) is 0.408. The van der Waals surface area contributed by atoms with E-state index < -0.39 is 17.6 Å². The van der Waals surface area contributed by atoms with Crippen LogP contribution in [0.2, 0.25) is 0 Å². The third kappa shape index (κ3) is 7.59. The number of alkyl halides is 3. The maximum absolute atomic E-state index is 12.8. The van der Waals surface area contributed by atoms with Gasteiger partial charge in [0.05, 0.1) is 12.1 Å². The maximum atomic E-state index is 12.8. The van der Waals surface area contributed by atoms with Gasteiger partial charge in [-0.2, -0.15) is 13.2 Å². The van der Waals surface area contributed by atoms with Gasteiger partial charge in [0.2, 0.25) is 0 Å². The SMILES string of the molecule is CN=C(NCCC(C)c1cccc(C(F)(F)F)c1)NCc1ccc(C(N)=O)o1.I. The second kappa shape index (κ2) is 11.1. The molecule has 0 aliphatic rings. The molecule has 0 fully saturated rings. The van der Waals surface area contributed by atoms with Crippen LogP contribution in [0.15, 0.2) is 45.8 Å². The Balaban J connectivity index is 0.00000420. The quantitative estimate of drug-likeness (QED) is 0.291. The Morgan fingerprint density at radius 1 is 1.24 bits per heavy atom. The normalized spacial score (nSPS) is 12.8. The maximum Gasteiger partial charge on any atom is 0.416 e. The molecule has 0 saturated carbocycles. The molecule has 1 unspecified atom stereocenters. The molecule has 2 rings (SSSR count). The monoisotopic (exact) mass is 524 g/mol. The minimum atomic E-state index is -4.35. The zero-order valence-corrected chi connectivity index (χ0v) is 18.4. The number of carbonyl (C=O) groups is 1. The van der Waals surface area contributed by atoms with Gasteiger partial charge in [-0.3, -0.25) is 9.79 Å². The topological polar surface area (TPSA) is 92.6 Å². The average Bonchev–Trinajstić information content (AvgIpc) is 3.13. The molecule has 1 heterocycles. The lowest BCUT2D eigenvalue weighted by Crippen LogP contribution is -2.37. The first-order valence-electron chi connectivity index (χ1n) is 8.71. The molecule has 0 saturated heterocycles. The minimum Gasteiger partial charge on any atom is -0.454 e. The van der Waals surface area contributed by atoms with Crippen LogP contribution in [0.5, 0.6) is 0 Å². The van der Waals surface area contributed by atoms with Gasteiger partial charge in [-0.15, -0.1) is 24.0 Å². The van der Waals surface area contributed by atoms with Crippen LogP contribution >= 0.6 is 24.0 Å². The van der Waals surface area contributed by atoms with Crippen molar-refractivity contribution in [1.82, 2.24) is 10.6 Å². The van der Waals surface area contributed by atoms with Crippen molar-refractivity contribution in [3.8, 4) is 0 Å². The molecule has 6 nitrogen and oxygen atoms in total. The van der Waals surface area contributed by atoms with Crippen molar-refractivity contribution in [1.29, 1.82) is 0 Å². The van der Waals surface area contributed by atoms with E-state index in [2.05, 4.69) is 15.6 Å². The number of rotatable bonds is 7. The van der Waals surface area contributed by atoms with E-state index in [1.165, 1.54) is 18.2 Å². The van der Waals surface area contributed by atoms with Crippen LogP contribution in [0.3, 0.4) is 0 Å². The molecule has 0 bridgehead atoms. The summed E-state index contributed by atoms with van der Waals surface area (Å²) in [6.07, 6.45) is -3.73. The Hall–Kier alpha value is -2.24. The van der Waals surface area contributed by atoms with E-state index in [-0.39, 0.29) is 35.7 Å². The number of amides is 1. The number of hydrogen-bond acceptors (Lipinski definition) is 3. The summed E-state index contributed by atoms with van der Waals surface area (Å²) in [4.78, 5) is 15.1. The van der Waals surface area contributed by atoms with Crippen LogP contribution in [0.4, 0.5) is 13.2 Å². The van der Waals surface area contributed by atoms with Crippen molar-refractivity contribution < 1.29 is 22.4 Å². The zero-order valence-electron chi connectivity index (χ0n) is 16.0. The molecule has 0 aliphatic carbocycles. The summed E-state index contributed by atoms with van der Waals surface area (Å²) < 4.78 is 43.8. The van der Waals surface area contributed by atoms with Crippen molar-refractivity contribution in [2.75, 3.05) is 13.6 Å². The molecular weight excluding hydrogens is 500 g/mol. The predicted octanol–water partition coefficient (Wildman–Crippen LogP) is 3.87. The van der Waals surface area contributed by atoms with Gasteiger partial charge >= 0.3 is 6.18 Å². The highest BCUT2D eigenvalue weighted by Crippen LogP contribution is 2.31. The van der Waals surface area contributed by atoms with Crippen molar-refractivity contribution in [3.63, 3.8) is 0 Å². The number of nitrogens with zero attached hydrogens (tertiary/aromatic N) is 1. The summed E-state index contributed by atoms with van der Waals surface area (Å²) in [6, 6.07) is 8.50. The second-order valence-corrected chi connectivity index (χ2v) is 6.30. The van der Waals surface area contributed by atoms with Crippen LogP contribution in [0.1, 0.15) is 46.7 Å². The largest absolute Gasteiger partial charge is 0.454 e. The van der Waals surface area contributed by atoms with Crippen LogP contribution in [0.25, 0.3) is 0 Å². The van der Waals surface area contributed by atoms with Gasteiger partial charge in [-0.1, -0.05) is 25.1 Å². The molecule has 1 amide bonds. The number of furan rings is 1. The Kier molecular flexibility index (Phi) is 9.47. The van der Waals surface area contributed by atoms with Gasteiger partial charge in [-0.05, 0) is 36.1 Å². The summed E-state index contributed by atoms with van der Waals surface area (Å²) in [5, 5.41) is 6.12. The third-order valence-corrected chi connectivity index (χ3v) is 4.21. The van der Waals surface area contributed by atoms with Crippen LogP contribution in [-0.2, 0) is 12.7 Å². The first-order valence-corrected chi connectivity index (χ1v) is 8.71. The molecule has 2 aromatic rings. The van der Waals surface area contributed by atoms with E-state index in [4.69, 9.17) is 10.2 Å². The fraction of sp³-hybridized carbons (Fsp3) is 0.368. The number of halogens is 4. The summed E-state index contributed by atoms with van der Waals surface area (Å²) in [5.41, 5.74) is 5.12. The van der Waals surface area contributed by atoms with Gasteiger partial charge in [-0.25, -0.2) is 0 Å². The van der Waals surface area contributed by atoms with E-state index in [1.54, 1.807) is 19.2 Å². The fourth-order valence-corrected chi connectivity index (χ4v) is 2.59. The molecule has 29 heavy (non-hydrogen) atoms. The number of aliphatic imine (C=N–C) groups is 1. The standard InChI is InChI=1S/C19H23F3N4O2.HI/c1-12(13-4-3-5-14(10-13)19(20,21)22)8-9-25-18(24-2)26-11-15-6-7-16(28-15)17(23)27;/h3-7,10,12H,8-9,11H2,1-2H3,(H2,23,27)(H2,24,25,26);1H. The van der Waals surface area contributed by atoms with Crippen molar-refractivity contribution in [3.05, 3.63) is 59.0 Å². The first-order chi connectivity index (χ1) is 13.2. The number of nitrogens with two attached hydrogens (primary N) is 1. The number of hydrogen-bond donors (Lipinski definition) is 3. The van der Waals surface area contributed by atoms with E-state index in [1.807, 2.05) is 6.92 Å². The number of carbonyl (C=O) groups excluding carboxylic acids is 1. The molecule has 1 aromatic carbocycles. The molecule has 1 aromatic heterocycles. The number of benzene rings is 1. The van der Waals surface area contributed by atoms with Gasteiger partial charge in [0.25, 0.3) is 5.91 Å². The molecule has 0 aliphatic heterocycles. The molecule has 0 radical (unpaired) electrons. The lowest BCUT2D eigenvalue weighted by Gasteiger charge is -2.16. The lowest BCUT2D eigenvalue weighted by molar-refractivity contribution is -0.137. The smallest absolute Gasteiger partial charge is 0.416 e. The van der Waals surface area contributed by atoms with Gasteiger partial charge in [0.15, 0.2) is 11.7 Å². The minimum absolute atomic E-state index is 0. The van der Waals surface area contributed by atoms with Crippen LogP contribution in [-0.4, -0.2) is 25.5 Å². The Morgan fingerprint density at radius 2 is 1.97 bits per heavy atom. The average molecular weight is 524 g/mol. The Bertz CT molecular complexity index is 837.